The van der Waals surface area contributed by atoms with Crippen molar-refractivity contribution in [1.29, 1.82) is 0 Å². The Hall–Kier alpha value is -2.47. The van der Waals surface area contributed by atoms with Crippen LogP contribution in [0.1, 0.15) is 30.7 Å². The second kappa shape index (κ2) is 6.80. The highest BCUT2D eigenvalue weighted by Gasteiger charge is 2.25. The lowest BCUT2D eigenvalue weighted by Gasteiger charge is -2.27. The molecule has 6 heteroatoms. The number of hydrogen-bond acceptors (Lipinski definition) is 5. The minimum absolute atomic E-state index is 0.594. The number of likely N-dealkylation sites (N-methyl/N-ethyl adjacent to an activating group) is 1. The van der Waals surface area contributed by atoms with E-state index in [1.54, 1.807) is 0 Å². The number of hydrogen-bond donors (Lipinski definition) is 1. The summed E-state index contributed by atoms with van der Waals surface area (Å²) in [7, 11) is 4.16. The molecule has 0 saturated heterocycles. The maximum absolute atomic E-state index is 4.87. The third-order valence-corrected chi connectivity index (χ3v) is 4.85. The monoisotopic (exact) mass is 336 g/mol. The molecule has 0 aliphatic heterocycles. The van der Waals surface area contributed by atoms with Gasteiger partial charge in [0, 0.05) is 24.2 Å². The maximum atomic E-state index is 4.87. The number of fused-ring (bicyclic) bond motifs is 1. The fourth-order valence-electron chi connectivity index (χ4n) is 3.18. The Balaban J connectivity index is 1.73. The summed E-state index contributed by atoms with van der Waals surface area (Å²) >= 11 is 0. The average molecular weight is 336 g/mol. The minimum Gasteiger partial charge on any atom is -0.367 e. The molecule has 1 aliphatic rings. The quantitative estimate of drug-likeness (QED) is 0.750. The molecule has 4 rings (SSSR count). The maximum Gasteiger partial charge on any atom is 0.185 e. The van der Waals surface area contributed by atoms with Crippen LogP contribution in [0.15, 0.2) is 36.4 Å². The zero-order chi connectivity index (χ0) is 17.2. The van der Waals surface area contributed by atoms with Crippen molar-refractivity contribution in [1.82, 2.24) is 24.7 Å². The molecule has 3 aromatic rings. The van der Waals surface area contributed by atoms with Crippen LogP contribution in [-0.2, 0) is 0 Å². The van der Waals surface area contributed by atoms with Gasteiger partial charge in [0.15, 0.2) is 17.3 Å². The van der Waals surface area contributed by atoms with Gasteiger partial charge >= 0.3 is 0 Å². The summed E-state index contributed by atoms with van der Waals surface area (Å²) in [4.78, 5) is 2.17. The third kappa shape index (κ3) is 3.22. The molecule has 6 nitrogen and oxygen atoms in total. The van der Waals surface area contributed by atoms with Crippen LogP contribution in [0.25, 0.3) is 17.0 Å². The molecular weight excluding hydrogens is 312 g/mol. The van der Waals surface area contributed by atoms with Gasteiger partial charge in [0.2, 0.25) is 0 Å². The van der Waals surface area contributed by atoms with Crippen LogP contribution < -0.4 is 5.32 Å². The lowest BCUT2D eigenvalue weighted by atomic mass is 9.80. The Bertz CT molecular complexity index is 851. The highest BCUT2D eigenvalue weighted by atomic mass is 15.4. The van der Waals surface area contributed by atoms with Crippen LogP contribution >= 0.6 is 0 Å². The van der Waals surface area contributed by atoms with Crippen molar-refractivity contribution in [3.8, 4) is 11.4 Å². The van der Waals surface area contributed by atoms with Crippen LogP contribution in [0.2, 0.25) is 0 Å². The molecule has 2 aromatic heterocycles. The van der Waals surface area contributed by atoms with E-state index in [9.17, 15) is 0 Å². The van der Waals surface area contributed by atoms with Gasteiger partial charge in [0.25, 0.3) is 0 Å². The van der Waals surface area contributed by atoms with Crippen LogP contribution in [0.4, 0.5) is 5.82 Å². The summed E-state index contributed by atoms with van der Waals surface area (Å²) in [5, 5.41) is 17.1. The van der Waals surface area contributed by atoms with Gasteiger partial charge < -0.3 is 10.2 Å². The Labute approximate surface area is 147 Å². The van der Waals surface area contributed by atoms with Crippen LogP contribution in [0.5, 0.6) is 0 Å². The molecule has 1 fully saturated rings. The molecule has 1 aliphatic carbocycles. The Kier molecular flexibility index (Phi) is 4.36. The molecule has 0 radical (unpaired) electrons. The van der Waals surface area contributed by atoms with E-state index in [4.69, 9.17) is 5.10 Å². The molecule has 2 heterocycles. The van der Waals surface area contributed by atoms with Gasteiger partial charge in [-0.3, -0.25) is 0 Å². The van der Waals surface area contributed by atoms with E-state index in [0.717, 1.165) is 35.9 Å². The molecule has 0 unspecified atom stereocenters. The summed E-state index contributed by atoms with van der Waals surface area (Å²) in [6, 6.07) is 12.3. The minimum atomic E-state index is 0.594. The van der Waals surface area contributed by atoms with Gasteiger partial charge in [0.05, 0.1) is 0 Å². The van der Waals surface area contributed by atoms with Gasteiger partial charge in [0.1, 0.15) is 0 Å². The molecule has 25 heavy (non-hydrogen) atoms. The van der Waals surface area contributed by atoms with Gasteiger partial charge in [-0.05, 0) is 38.9 Å². The van der Waals surface area contributed by atoms with Crippen molar-refractivity contribution >= 4 is 11.5 Å². The third-order valence-electron chi connectivity index (χ3n) is 4.85. The largest absolute Gasteiger partial charge is 0.367 e. The van der Waals surface area contributed by atoms with Gasteiger partial charge in [-0.2, -0.15) is 4.52 Å². The molecule has 1 N–H and O–H groups in total. The topological polar surface area (TPSA) is 58.4 Å². The van der Waals surface area contributed by atoms with E-state index < -0.39 is 0 Å². The lowest BCUT2D eigenvalue weighted by molar-refractivity contribution is 0.416. The normalized spacial score (nSPS) is 14.8. The number of benzene rings is 1. The standard InChI is InChI=1S/C19H24N6/c1-24(2)12-11-20-18-16(14-9-6-10-14)13-17-21-22-19(25(17)23-18)15-7-4-3-5-8-15/h3-5,7-8,13-14H,6,9-12H2,1-2H3,(H,20,23). The number of anilines is 1. The molecule has 0 amide bonds. The van der Waals surface area contributed by atoms with Crippen molar-refractivity contribution in [3.05, 3.63) is 42.0 Å². The van der Waals surface area contributed by atoms with E-state index >= 15 is 0 Å². The van der Waals surface area contributed by atoms with Crippen molar-refractivity contribution in [2.24, 2.45) is 0 Å². The Morgan fingerprint density at radius 3 is 2.64 bits per heavy atom. The second-order valence-electron chi connectivity index (χ2n) is 6.97. The second-order valence-corrected chi connectivity index (χ2v) is 6.97. The van der Waals surface area contributed by atoms with Crippen LogP contribution in [0, 0.1) is 0 Å². The van der Waals surface area contributed by atoms with E-state index in [1.807, 2.05) is 34.8 Å². The number of aromatic nitrogens is 4. The summed E-state index contributed by atoms with van der Waals surface area (Å²) < 4.78 is 1.86. The molecular formula is C19H24N6. The van der Waals surface area contributed by atoms with Gasteiger partial charge in [-0.1, -0.05) is 36.8 Å². The number of nitrogens with one attached hydrogen (secondary N) is 1. The fourth-order valence-corrected chi connectivity index (χ4v) is 3.18. The lowest BCUT2D eigenvalue weighted by Crippen LogP contribution is -2.23. The van der Waals surface area contributed by atoms with Crippen molar-refractivity contribution in [3.63, 3.8) is 0 Å². The molecule has 130 valence electrons. The predicted molar refractivity (Wildman–Crippen MR) is 99.9 cm³/mol. The van der Waals surface area contributed by atoms with Gasteiger partial charge in [-0.15, -0.1) is 15.3 Å². The highest BCUT2D eigenvalue weighted by molar-refractivity contribution is 5.61. The van der Waals surface area contributed by atoms with Gasteiger partial charge in [-0.25, -0.2) is 0 Å². The zero-order valence-corrected chi connectivity index (χ0v) is 14.8. The Morgan fingerprint density at radius 2 is 1.96 bits per heavy atom. The Morgan fingerprint density at radius 1 is 1.16 bits per heavy atom. The number of nitrogens with zero attached hydrogens (tertiary/aromatic N) is 5. The average Bonchev–Trinajstić information content (AvgIpc) is 2.96. The van der Waals surface area contributed by atoms with E-state index in [-0.39, 0.29) is 0 Å². The van der Waals surface area contributed by atoms with Crippen molar-refractivity contribution < 1.29 is 0 Å². The van der Waals surface area contributed by atoms with Crippen LogP contribution in [0.3, 0.4) is 0 Å². The smallest absolute Gasteiger partial charge is 0.185 e. The van der Waals surface area contributed by atoms with E-state index in [0.29, 0.717) is 5.92 Å². The highest BCUT2D eigenvalue weighted by Crippen LogP contribution is 2.39. The first-order valence-corrected chi connectivity index (χ1v) is 8.93. The van der Waals surface area contributed by atoms with E-state index in [1.165, 1.54) is 24.8 Å². The molecule has 0 bridgehead atoms. The first-order chi connectivity index (χ1) is 12.2. The zero-order valence-electron chi connectivity index (χ0n) is 14.8. The summed E-state index contributed by atoms with van der Waals surface area (Å²) in [5.74, 6) is 2.35. The predicted octanol–water partition coefficient (Wildman–Crippen LogP) is 3.03. The van der Waals surface area contributed by atoms with Crippen molar-refractivity contribution in [2.75, 3.05) is 32.5 Å². The summed E-state index contributed by atoms with van der Waals surface area (Å²) in [6.07, 6.45) is 3.77. The first kappa shape index (κ1) is 16.0. The first-order valence-electron chi connectivity index (χ1n) is 8.93. The van der Waals surface area contributed by atoms with Crippen molar-refractivity contribution in [2.45, 2.75) is 25.2 Å². The number of rotatable bonds is 6. The molecule has 0 spiro atoms. The van der Waals surface area contributed by atoms with Crippen LogP contribution in [-0.4, -0.2) is 51.9 Å². The molecule has 0 atom stereocenters. The molecule has 1 saturated carbocycles. The summed E-state index contributed by atoms with van der Waals surface area (Å²) in [5.41, 5.74) is 3.13. The SMILES string of the molecule is CN(C)CCNc1nn2c(-c3ccccc3)nnc2cc1C1CCC1. The molecule has 1 aromatic carbocycles. The summed E-state index contributed by atoms with van der Waals surface area (Å²) in [6.45, 7) is 1.84. The van der Waals surface area contributed by atoms with E-state index in [2.05, 4.69) is 40.6 Å². The fraction of sp³-hybridized carbons (Fsp3) is 0.421.